The molecule has 5 heteroatoms. The molecule has 0 unspecified atom stereocenters. The first-order valence-electron chi connectivity index (χ1n) is 8.95. The molecule has 0 saturated carbocycles. The van der Waals surface area contributed by atoms with E-state index in [2.05, 4.69) is 17.1 Å². The van der Waals surface area contributed by atoms with E-state index in [9.17, 15) is 9.59 Å². The van der Waals surface area contributed by atoms with Crippen LogP contribution in [0, 0.1) is 0 Å². The number of hydrogen-bond acceptors (Lipinski definition) is 3. The Morgan fingerprint density at radius 3 is 2.62 bits per heavy atom. The van der Waals surface area contributed by atoms with Gasteiger partial charge in [0.2, 0.25) is 5.91 Å². The van der Waals surface area contributed by atoms with Crippen LogP contribution in [0.3, 0.4) is 0 Å². The third-order valence-corrected chi connectivity index (χ3v) is 5.62. The molecule has 2 fully saturated rings. The Labute approximate surface area is 144 Å². The van der Waals surface area contributed by atoms with Crippen molar-refractivity contribution in [1.82, 2.24) is 15.1 Å². The topological polar surface area (TPSA) is 52.7 Å². The Hall–Kier alpha value is -1.88. The highest BCUT2D eigenvalue weighted by Gasteiger charge is 2.46. The molecule has 0 atom stereocenters. The van der Waals surface area contributed by atoms with Gasteiger partial charge in [-0.1, -0.05) is 25.1 Å². The van der Waals surface area contributed by atoms with E-state index in [0.29, 0.717) is 25.9 Å². The number of carbonyl (C=O) groups excluding carboxylic acids is 2. The minimum absolute atomic E-state index is 0.0963. The molecule has 3 rings (SSSR count). The molecule has 1 aromatic carbocycles. The SMILES string of the molecule is CCc1ccccc1C(=O)N1CCC2(CC1)C(=O)NCCCN2C. The Bertz CT molecular complexity index is 621. The van der Waals surface area contributed by atoms with E-state index in [1.807, 2.05) is 36.2 Å². The van der Waals surface area contributed by atoms with E-state index >= 15 is 0 Å². The minimum atomic E-state index is -0.447. The molecule has 0 aliphatic carbocycles. The van der Waals surface area contributed by atoms with Crippen LogP contribution >= 0.6 is 0 Å². The van der Waals surface area contributed by atoms with Gasteiger partial charge in [0.15, 0.2) is 0 Å². The number of rotatable bonds is 2. The molecule has 1 N–H and O–H groups in total. The van der Waals surface area contributed by atoms with Crippen LogP contribution in [0.25, 0.3) is 0 Å². The number of amides is 2. The Balaban J connectivity index is 1.74. The minimum Gasteiger partial charge on any atom is -0.354 e. The van der Waals surface area contributed by atoms with Crippen molar-refractivity contribution in [3.05, 3.63) is 35.4 Å². The Morgan fingerprint density at radius 1 is 1.21 bits per heavy atom. The van der Waals surface area contributed by atoms with Crippen LogP contribution in [0.4, 0.5) is 0 Å². The van der Waals surface area contributed by atoms with Crippen molar-refractivity contribution in [2.75, 3.05) is 33.2 Å². The lowest BCUT2D eigenvalue weighted by molar-refractivity contribution is -0.134. The van der Waals surface area contributed by atoms with Gasteiger partial charge in [0.25, 0.3) is 5.91 Å². The average Bonchev–Trinajstić information content (AvgIpc) is 2.76. The highest BCUT2D eigenvalue weighted by atomic mass is 16.2. The van der Waals surface area contributed by atoms with E-state index in [1.54, 1.807) is 0 Å². The van der Waals surface area contributed by atoms with Crippen LogP contribution in [0.15, 0.2) is 24.3 Å². The maximum atomic E-state index is 12.9. The molecular formula is C19H27N3O2. The van der Waals surface area contributed by atoms with Gasteiger partial charge in [-0.3, -0.25) is 14.5 Å². The van der Waals surface area contributed by atoms with Gasteiger partial charge in [-0.15, -0.1) is 0 Å². The molecule has 0 aromatic heterocycles. The largest absolute Gasteiger partial charge is 0.354 e. The zero-order chi connectivity index (χ0) is 17.2. The van der Waals surface area contributed by atoms with E-state index in [4.69, 9.17) is 0 Å². The van der Waals surface area contributed by atoms with Gasteiger partial charge in [-0.2, -0.15) is 0 Å². The molecule has 1 spiro atoms. The number of piperidine rings is 1. The first kappa shape index (κ1) is 17.0. The molecule has 2 aliphatic rings. The summed E-state index contributed by atoms with van der Waals surface area (Å²) in [5, 5.41) is 3.05. The van der Waals surface area contributed by atoms with Crippen molar-refractivity contribution >= 4 is 11.8 Å². The van der Waals surface area contributed by atoms with Gasteiger partial charge < -0.3 is 10.2 Å². The van der Waals surface area contributed by atoms with Crippen LogP contribution in [0.2, 0.25) is 0 Å². The van der Waals surface area contributed by atoms with Crippen LogP contribution in [-0.4, -0.2) is 60.4 Å². The molecule has 2 heterocycles. The quantitative estimate of drug-likeness (QED) is 0.898. The van der Waals surface area contributed by atoms with Crippen molar-refractivity contribution in [3.63, 3.8) is 0 Å². The summed E-state index contributed by atoms with van der Waals surface area (Å²) in [6.45, 7) is 5.01. The van der Waals surface area contributed by atoms with Crippen LogP contribution in [0.5, 0.6) is 0 Å². The van der Waals surface area contributed by atoms with E-state index in [1.165, 1.54) is 0 Å². The number of likely N-dealkylation sites (tertiary alicyclic amines) is 1. The number of nitrogens with zero attached hydrogens (tertiary/aromatic N) is 2. The van der Waals surface area contributed by atoms with E-state index in [-0.39, 0.29) is 11.8 Å². The van der Waals surface area contributed by atoms with Gasteiger partial charge in [0.05, 0.1) is 0 Å². The van der Waals surface area contributed by atoms with Crippen LogP contribution < -0.4 is 5.32 Å². The van der Waals surface area contributed by atoms with E-state index in [0.717, 1.165) is 37.1 Å². The summed E-state index contributed by atoms with van der Waals surface area (Å²) in [4.78, 5) is 29.6. The zero-order valence-electron chi connectivity index (χ0n) is 14.7. The summed E-state index contributed by atoms with van der Waals surface area (Å²) in [5.74, 6) is 0.225. The fourth-order valence-corrected chi connectivity index (χ4v) is 3.97. The molecule has 0 bridgehead atoms. The second-order valence-corrected chi connectivity index (χ2v) is 6.87. The fraction of sp³-hybridized carbons (Fsp3) is 0.579. The van der Waals surface area contributed by atoms with Crippen molar-refractivity contribution in [2.24, 2.45) is 0 Å². The molecule has 5 nitrogen and oxygen atoms in total. The second-order valence-electron chi connectivity index (χ2n) is 6.87. The summed E-state index contributed by atoms with van der Waals surface area (Å²) in [6.07, 6.45) is 3.24. The van der Waals surface area contributed by atoms with E-state index < -0.39 is 5.54 Å². The van der Waals surface area contributed by atoms with Crippen molar-refractivity contribution in [2.45, 2.75) is 38.1 Å². The number of hydrogen-bond donors (Lipinski definition) is 1. The standard InChI is InChI=1S/C19H27N3O2/c1-3-15-7-4-5-8-16(15)17(23)22-13-9-19(10-14-22)18(24)20-11-6-12-21(19)2/h4-5,7-8H,3,6,9-14H2,1-2H3,(H,20,24). The monoisotopic (exact) mass is 329 g/mol. The van der Waals surface area contributed by atoms with Gasteiger partial charge in [-0.25, -0.2) is 0 Å². The molecule has 2 amide bonds. The summed E-state index contributed by atoms with van der Waals surface area (Å²) < 4.78 is 0. The highest BCUT2D eigenvalue weighted by molar-refractivity contribution is 5.96. The molecular weight excluding hydrogens is 302 g/mol. The fourth-order valence-electron chi connectivity index (χ4n) is 3.97. The number of likely N-dealkylation sites (N-methyl/N-ethyl adjacent to an activating group) is 1. The number of nitrogens with one attached hydrogen (secondary N) is 1. The maximum Gasteiger partial charge on any atom is 0.254 e. The zero-order valence-corrected chi connectivity index (χ0v) is 14.7. The van der Waals surface area contributed by atoms with Gasteiger partial charge in [-0.05, 0) is 44.4 Å². The van der Waals surface area contributed by atoms with Crippen molar-refractivity contribution < 1.29 is 9.59 Å². The van der Waals surface area contributed by atoms with Crippen LogP contribution in [-0.2, 0) is 11.2 Å². The molecule has 2 aliphatic heterocycles. The summed E-state index contributed by atoms with van der Waals surface area (Å²) in [7, 11) is 2.04. The first-order chi connectivity index (χ1) is 11.6. The number of aryl methyl sites for hydroxylation is 1. The summed E-state index contributed by atoms with van der Waals surface area (Å²) in [5.41, 5.74) is 1.44. The normalized spacial score (nSPS) is 21.4. The maximum absolute atomic E-state index is 12.9. The summed E-state index contributed by atoms with van der Waals surface area (Å²) in [6, 6.07) is 7.83. The van der Waals surface area contributed by atoms with Crippen molar-refractivity contribution in [1.29, 1.82) is 0 Å². The van der Waals surface area contributed by atoms with Gasteiger partial charge in [0.1, 0.15) is 5.54 Å². The smallest absolute Gasteiger partial charge is 0.254 e. The van der Waals surface area contributed by atoms with Gasteiger partial charge in [0, 0.05) is 31.7 Å². The average molecular weight is 329 g/mol. The number of carbonyl (C=O) groups is 2. The van der Waals surface area contributed by atoms with Gasteiger partial charge >= 0.3 is 0 Å². The molecule has 24 heavy (non-hydrogen) atoms. The Kier molecular flexibility index (Phi) is 4.90. The predicted octanol–water partition coefficient (Wildman–Crippen LogP) is 1.68. The molecule has 0 radical (unpaired) electrons. The number of benzene rings is 1. The molecule has 130 valence electrons. The highest BCUT2D eigenvalue weighted by Crippen LogP contribution is 2.30. The molecule has 1 aromatic rings. The third kappa shape index (κ3) is 2.93. The second kappa shape index (κ2) is 6.93. The lowest BCUT2D eigenvalue weighted by atomic mass is 9.84. The first-order valence-corrected chi connectivity index (χ1v) is 8.95. The Morgan fingerprint density at radius 2 is 1.92 bits per heavy atom. The lowest BCUT2D eigenvalue weighted by Crippen LogP contribution is -2.61. The molecule has 2 saturated heterocycles. The lowest BCUT2D eigenvalue weighted by Gasteiger charge is -2.45. The predicted molar refractivity (Wildman–Crippen MR) is 93.9 cm³/mol. The third-order valence-electron chi connectivity index (χ3n) is 5.62. The summed E-state index contributed by atoms with van der Waals surface area (Å²) >= 11 is 0. The van der Waals surface area contributed by atoms with Crippen molar-refractivity contribution in [3.8, 4) is 0 Å². The van der Waals surface area contributed by atoms with Crippen LogP contribution in [0.1, 0.15) is 42.1 Å².